The van der Waals surface area contributed by atoms with Crippen molar-refractivity contribution in [2.75, 3.05) is 13.1 Å². The molecule has 2 heterocycles. The van der Waals surface area contributed by atoms with E-state index < -0.39 is 0 Å². The molecule has 0 amide bonds. The Morgan fingerprint density at radius 3 is 2.54 bits per heavy atom. The Morgan fingerprint density at radius 2 is 2.00 bits per heavy atom. The van der Waals surface area contributed by atoms with Crippen LogP contribution in [0.15, 0.2) is 27.4 Å². The van der Waals surface area contributed by atoms with Gasteiger partial charge in [0.05, 0.1) is 10.2 Å². The molecule has 2 rings (SSSR count). The molecule has 13 heavy (non-hydrogen) atoms. The van der Waals surface area contributed by atoms with E-state index in [-0.39, 0.29) is 0 Å². The minimum absolute atomic E-state index is 0.887. The van der Waals surface area contributed by atoms with Crippen molar-refractivity contribution in [2.45, 2.75) is 12.8 Å². The van der Waals surface area contributed by atoms with E-state index in [9.17, 15) is 0 Å². The van der Waals surface area contributed by atoms with E-state index in [0.29, 0.717) is 0 Å². The van der Waals surface area contributed by atoms with Gasteiger partial charge >= 0.3 is 0 Å². The molecule has 0 aromatic carbocycles. The average molecular weight is 306 g/mol. The van der Waals surface area contributed by atoms with Gasteiger partial charge in [-0.05, 0) is 50.8 Å². The molecule has 2 nitrogen and oxygen atoms in total. The minimum atomic E-state index is 0.887. The first-order valence-corrected chi connectivity index (χ1v) is 5.92. The van der Waals surface area contributed by atoms with E-state index in [1.54, 1.807) is 0 Å². The van der Waals surface area contributed by atoms with Gasteiger partial charge in [-0.15, -0.1) is 0 Å². The molecule has 0 aliphatic carbocycles. The molecular weight excluding hydrogens is 296 g/mol. The van der Waals surface area contributed by atoms with Crippen molar-refractivity contribution in [1.29, 1.82) is 0 Å². The predicted molar refractivity (Wildman–Crippen MR) is 62.3 cm³/mol. The lowest BCUT2D eigenvalue weighted by Crippen LogP contribution is -2.10. The molecule has 0 radical (unpaired) electrons. The van der Waals surface area contributed by atoms with Crippen molar-refractivity contribution in [2.24, 2.45) is 4.99 Å². The first kappa shape index (κ1) is 9.46. The Balaban J connectivity index is 2.10. The van der Waals surface area contributed by atoms with Crippen LogP contribution in [-0.4, -0.2) is 22.6 Å². The zero-order valence-corrected chi connectivity index (χ0v) is 10.3. The van der Waals surface area contributed by atoms with Crippen LogP contribution in [0.4, 0.5) is 0 Å². The van der Waals surface area contributed by atoms with Crippen LogP contribution >= 0.6 is 31.9 Å². The summed E-state index contributed by atoms with van der Waals surface area (Å²) in [6, 6.07) is 0. The fraction of sp³-hybridized carbons (Fsp3) is 0.444. The van der Waals surface area contributed by atoms with Crippen LogP contribution in [0.25, 0.3) is 0 Å². The second kappa shape index (κ2) is 3.96. The van der Waals surface area contributed by atoms with Crippen LogP contribution in [0.2, 0.25) is 0 Å². The Kier molecular flexibility index (Phi) is 2.89. The van der Waals surface area contributed by atoms with Gasteiger partial charge in [0.2, 0.25) is 0 Å². The minimum Gasteiger partial charge on any atom is -0.376 e. The maximum atomic E-state index is 4.35. The van der Waals surface area contributed by atoms with E-state index >= 15 is 0 Å². The van der Waals surface area contributed by atoms with Crippen LogP contribution in [0.3, 0.4) is 0 Å². The highest BCUT2D eigenvalue weighted by atomic mass is 79.9. The van der Waals surface area contributed by atoms with Crippen LogP contribution in [-0.2, 0) is 0 Å². The lowest BCUT2D eigenvalue weighted by molar-refractivity contribution is 0.465. The normalized spacial score (nSPS) is 25.4. The van der Waals surface area contributed by atoms with Crippen molar-refractivity contribution in [3.8, 4) is 0 Å². The van der Waals surface area contributed by atoms with E-state index in [0.717, 1.165) is 14.8 Å². The summed E-state index contributed by atoms with van der Waals surface area (Å²) in [5.41, 5.74) is 1.03. The SMILES string of the molecule is BrC1=CC(=CN2CCCC2)N=C1Br. The van der Waals surface area contributed by atoms with E-state index in [1.807, 2.05) is 6.08 Å². The molecule has 0 saturated carbocycles. The number of hydrogen-bond donors (Lipinski definition) is 0. The molecule has 2 aliphatic heterocycles. The summed E-state index contributed by atoms with van der Waals surface area (Å²) in [6.45, 7) is 2.34. The Labute approximate surface area is 94.7 Å². The van der Waals surface area contributed by atoms with E-state index in [2.05, 4.69) is 48.0 Å². The molecule has 0 aromatic rings. The average Bonchev–Trinajstić information content (AvgIpc) is 2.64. The van der Waals surface area contributed by atoms with Crippen molar-refractivity contribution >= 4 is 36.5 Å². The van der Waals surface area contributed by atoms with Gasteiger partial charge in [-0.3, -0.25) is 0 Å². The van der Waals surface area contributed by atoms with Crippen molar-refractivity contribution in [3.63, 3.8) is 0 Å². The molecule has 1 saturated heterocycles. The number of nitrogens with zero attached hydrogens (tertiary/aromatic N) is 2. The third-order valence-corrected chi connectivity index (χ3v) is 3.90. The molecule has 0 N–H and O–H groups in total. The number of rotatable bonds is 1. The van der Waals surface area contributed by atoms with Crippen LogP contribution in [0, 0.1) is 0 Å². The van der Waals surface area contributed by atoms with Crippen molar-refractivity contribution in [1.82, 2.24) is 4.90 Å². The summed E-state index contributed by atoms with van der Waals surface area (Å²) >= 11 is 6.79. The van der Waals surface area contributed by atoms with Gasteiger partial charge in [0, 0.05) is 19.3 Å². The van der Waals surface area contributed by atoms with Gasteiger partial charge in [-0.25, -0.2) is 4.99 Å². The molecule has 70 valence electrons. The molecule has 0 unspecified atom stereocenters. The lowest BCUT2D eigenvalue weighted by Gasteiger charge is -2.10. The highest BCUT2D eigenvalue weighted by Gasteiger charge is 2.12. The van der Waals surface area contributed by atoms with Gasteiger partial charge in [-0.2, -0.15) is 0 Å². The zero-order chi connectivity index (χ0) is 9.26. The predicted octanol–water partition coefficient (Wildman–Crippen LogP) is 3.01. The largest absolute Gasteiger partial charge is 0.376 e. The zero-order valence-electron chi connectivity index (χ0n) is 7.13. The third-order valence-electron chi connectivity index (χ3n) is 2.15. The van der Waals surface area contributed by atoms with E-state index in [1.165, 1.54) is 25.9 Å². The van der Waals surface area contributed by atoms with Crippen LogP contribution in [0.5, 0.6) is 0 Å². The van der Waals surface area contributed by atoms with Crippen LogP contribution in [0.1, 0.15) is 12.8 Å². The molecule has 4 heteroatoms. The smallest absolute Gasteiger partial charge is 0.121 e. The van der Waals surface area contributed by atoms with E-state index in [4.69, 9.17) is 0 Å². The standard InChI is InChI=1S/C9H10Br2N2/c10-8-5-7(12-9(8)11)6-13-3-1-2-4-13/h5-6H,1-4H2. The molecular formula is C9H10Br2N2. The highest BCUT2D eigenvalue weighted by molar-refractivity contribution is 9.20. The lowest BCUT2D eigenvalue weighted by atomic mass is 10.4. The van der Waals surface area contributed by atoms with Crippen LogP contribution < -0.4 is 0 Å². The summed E-state index contributed by atoms with van der Waals surface area (Å²) in [7, 11) is 0. The maximum Gasteiger partial charge on any atom is 0.121 e. The number of hydrogen-bond acceptors (Lipinski definition) is 2. The Hall–Kier alpha value is -0.0900. The molecule has 0 spiro atoms. The number of halogens is 2. The monoisotopic (exact) mass is 304 g/mol. The fourth-order valence-electron chi connectivity index (χ4n) is 1.51. The topological polar surface area (TPSA) is 15.6 Å². The number of likely N-dealkylation sites (tertiary alicyclic amines) is 1. The molecule has 1 fully saturated rings. The summed E-state index contributed by atoms with van der Waals surface area (Å²) in [5, 5.41) is 0. The fourth-order valence-corrected chi connectivity index (χ4v) is 2.15. The molecule has 2 aliphatic rings. The molecule has 0 aromatic heterocycles. The van der Waals surface area contributed by atoms with Gasteiger partial charge < -0.3 is 4.90 Å². The highest BCUT2D eigenvalue weighted by Crippen LogP contribution is 2.25. The first-order chi connectivity index (χ1) is 6.25. The van der Waals surface area contributed by atoms with Gasteiger partial charge in [0.15, 0.2) is 0 Å². The number of allylic oxidation sites excluding steroid dienone is 2. The Bertz CT molecular complexity index is 279. The summed E-state index contributed by atoms with van der Waals surface area (Å²) in [5.74, 6) is 0. The summed E-state index contributed by atoms with van der Waals surface area (Å²) in [4.78, 5) is 6.67. The summed E-state index contributed by atoms with van der Waals surface area (Å²) < 4.78 is 1.91. The number of aliphatic imine (C=N–C) groups is 1. The molecule has 0 atom stereocenters. The van der Waals surface area contributed by atoms with Crippen molar-refractivity contribution in [3.05, 3.63) is 22.5 Å². The van der Waals surface area contributed by atoms with Gasteiger partial charge in [-0.1, -0.05) is 0 Å². The second-order valence-corrected chi connectivity index (χ2v) is 4.80. The Morgan fingerprint density at radius 1 is 1.31 bits per heavy atom. The first-order valence-electron chi connectivity index (χ1n) is 4.33. The van der Waals surface area contributed by atoms with Gasteiger partial charge in [0.1, 0.15) is 4.62 Å². The van der Waals surface area contributed by atoms with Gasteiger partial charge in [0.25, 0.3) is 0 Å². The quantitative estimate of drug-likeness (QED) is 0.727. The maximum absolute atomic E-state index is 4.35. The molecule has 0 bridgehead atoms. The van der Waals surface area contributed by atoms with Crippen molar-refractivity contribution < 1.29 is 0 Å². The third kappa shape index (κ3) is 2.23. The second-order valence-electron chi connectivity index (χ2n) is 3.19. The summed E-state index contributed by atoms with van der Waals surface area (Å²) in [6.07, 6.45) is 6.77.